The van der Waals surface area contributed by atoms with Crippen LogP contribution in [0.25, 0.3) is 11.1 Å². The first-order valence-electron chi connectivity index (χ1n) is 7.66. The minimum Gasteiger partial charge on any atom is -0.311 e. The summed E-state index contributed by atoms with van der Waals surface area (Å²) in [4.78, 5) is 3.97. The van der Waals surface area contributed by atoms with Crippen LogP contribution in [-0.2, 0) is 0 Å². The average molecular weight is 293 g/mol. The molecule has 0 amide bonds. The van der Waals surface area contributed by atoms with Gasteiger partial charge in [0.2, 0.25) is 5.95 Å². The molecule has 2 bridgehead atoms. The van der Waals surface area contributed by atoms with Crippen molar-refractivity contribution in [1.82, 2.24) is 10.3 Å². The Bertz CT molecular complexity index is 748. The summed E-state index contributed by atoms with van der Waals surface area (Å²) < 4.78 is 14.1. The molecule has 4 rings (SSSR count). The van der Waals surface area contributed by atoms with E-state index in [9.17, 15) is 4.39 Å². The van der Waals surface area contributed by atoms with Gasteiger partial charge in [-0.1, -0.05) is 12.1 Å². The summed E-state index contributed by atoms with van der Waals surface area (Å²) in [6, 6.07) is 12.1. The lowest BCUT2D eigenvalue weighted by atomic mass is 9.84. The summed E-state index contributed by atoms with van der Waals surface area (Å²) in [5.74, 6) is -0.0199. The summed E-state index contributed by atoms with van der Waals surface area (Å²) >= 11 is 0. The third kappa shape index (κ3) is 2.18. The summed E-state index contributed by atoms with van der Waals surface area (Å²) in [6.07, 6.45) is 5.23. The number of pyridine rings is 1. The number of nitrogens with zero attached hydrogens (tertiary/aromatic N) is 2. The van der Waals surface area contributed by atoms with E-state index >= 15 is 0 Å². The third-order valence-electron chi connectivity index (χ3n) is 4.91. The van der Waals surface area contributed by atoms with Crippen molar-refractivity contribution in [3.8, 4) is 17.2 Å². The minimum absolute atomic E-state index is 0.434. The third-order valence-corrected chi connectivity index (χ3v) is 4.91. The van der Waals surface area contributed by atoms with Crippen LogP contribution in [0.2, 0.25) is 0 Å². The van der Waals surface area contributed by atoms with Crippen molar-refractivity contribution < 1.29 is 4.39 Å². The van der Waals surface area contributed by atoms with Crippen LogP contribution in [0, 0.1) is 17.3 Å². The van der Waals surface area contributed by atoms with Crippen LogP contribution < -0.4 is 5.32 Å². The normalized spacial score (nSPS) is 26.1. The van der Waals surface area contributed by atoms with Crippen LogP contribution >= 0.6 is 0 Å². The van der Waals surface area contributed by atoms with Gasteiger partial charge in [0.15, 0.2) is 0 Å². The molecule has 0 aliphatic carbocycles. The molecule has 1 aromatic carbocycles. The highest BCUT2D eigenvalue weighted by atomic mass is 19.1. The Kier molecular flexibility index (Phi) is 3.16. The van der Waals surface area contributed by atoms with Gasteiger partial charge in [0.1, 0.15) is 0 Å². The number of fused-ring (bicyclic) bond motifs is 2. The van der Waals surface area contributed by atoms with Gasteiger partial charge in [0, 0.05) is 29.8 Å². The van der Waals surface area contributed by atoms with E-state index in [1.54, 1.807) is 30.5 Å². The quantitative estimate of drug-likeness (QED) is 0.864. The first-order valence-corrected chi connectivity index (χ1v) is 7.66. The van der Waals surface area contributed by atoms with Gasteiger partial charge in [-0.3, -0.25) is 0 Å². The highest BCUT2D eigenvalue weighted by molar-refractivity contribution is 5.65. The fourth-order valence-corrected chi connectivity index (χ4v) is 3.79. The van der Waals surface area contributed by atoms with E-state index in [2.05, 4.69) is 16.4 Å². The van der Waals surface area contributed by atoms with Crippen LogP contribution in [0.5, 0.6) is 0 Å². The van der Waals surface area contributed by atoms with Gasteiger partial charge < -0.3 is 5.32 Å². The molecule has 1 aromatic heterocycles. The van der Waals surface area contributed by atoms with Crippen LogP contribution in [-0.4, -0.2) is 17.1 Å². The second-order valence-corrected chi connectivity index (χ2v) is 6.19. The molecule has 0 unspecified atom stereocenters. The number of rotatable bonds is 2. The summed E-state index contributed by atoms with van der Waals surface area (Å²) in [7, 11) is 0. The van der Waals surface area contributed by atoms with Crippen LogP contribution in [0.15, 0.2) is 36.5 Å². The Hall–Kier alpha value is -2.25. The van der Waals surface area contributed by atoms with Crippen LogP contribution in [0.4, 0.5) is 4.39 Å². The fourth-order valence-electron chi connectivity index (χ4n) is 3.79. The molecular formula is C18H16FN3. The smallest absolute Gasteiger partial charge is 0.220 e. The first-order chi connectivity index (χ1) is 10.7. The maximum absolute atomic E-state index is 14.1. The number of hydrogen-bond acceptors (Lipinski definition) is 3. The predicted octanol–water partition coefficient (Wildman–Crippen LogP) is 3.37. The SMILES string of the molecule is N#Cc1ccc(-c2cc([C@H]3C[C@H]4CC[C@H]3N4)cnc2F)cc1. The highest BCUT2D eigenvalue weighted by Gasteiger charge is 2.39. The van der Waals surface area contributed by atoms with Crippen molar-refractivity contribution >= 4 is 0 Å². The Morgan fingerprint density at radius 2 is 2.05 bits per heavy atom. The van der Waals surface area contributed by atoms with Crippen molar-refractivity contribution in [2.45, 2.75) is 37.3 Å². The molecule has 2 fully saturated rings. The van der Waals surface area contributed by atoms with Gasteiger partial charge in [-0.2, -0.15) is 9.65 Å². The van der Waals surface area contributed by atoms with Crippen molar-refractivity contribution in [2.75, 3.05) is 0 Å². The highest BCUT2D eigenvalue weighted by Crippen LogP contribution is 2.40. The molecular weight excluding hydrogens is 277 g/mol. The molecule has 1 N–H and O–H groups in total. The van der Waals surface area contributed by atoms with Crippen molar-refractivity contribution in [3.63, 3.8) is 0 Å². The van der Waals surface area contributed by atoms with Gasteiger partial charge in [-0.15, -0.1) is 0 Å². The van der Waals surface area contributed by atoms with Gasteiger partial charge in [-0.25, -0.2) is 4.98 Å². The molecule has 4 heteroatoms. The average Bonchev–Trinajstić information content (AvgIpc) is 3.19. The number of halogens is 1. The molecule has 3 heterocycles. The van der Waals surface area contributed by atoms with Gasteiger partial charge in [0.05, 0.1) is 11.6 Å². The van der Waals surface area contributed by atoms with Crippen LogP contribution in [0.3, 0.4) is 0 Å². The van der Waals surface area contributed by atoms with E-state index in [1.165, 1.54) is 12.8 Å². The number of nitrogens with one attached hydrogen (secondary N) is 1. The van der Waals surface area contributed by atoms with E-state index in [-0.39, 0.29) is 0 Å². The number of hydrogen-bond donors (Lipinski definition) is 1. The number of aromatic nitrogens is 1. The second-order valence-electron chi connectivity index (χ2n) is 6.19. The molecule has 2 aliphatic heterocycles. The van der Waals surface area contributed by atoms with E-state index in [4.69, 9.17) is 5.26 Å². The minimum atomic E-state index is -0.454. The van der Waals surface area contributed by atoms with Crippen molar-refractivity contribution in [2.24, 2.45) is 0 Å². The topological polar surface area (TPSA) is 48.7 Å². The lowest BCUT2D eigenvalue weighted by molar-refractivity contribution is 0.502. The Balaban J connectivity index is 1.70. The fraction of sp³-hybridized carbons (Fsp3) is 0.333. The monoisotopic (exact) mass is 293 g/mol. The number of benzene rings is 1. The summed E-state index contributed by atoms with van der Waals surface area (Å²) in [5.41, 5.74) is 2.97. The lowest BCUT2D eigenvalue weighted by Crippen LogP contribution is -2.21. The molecule has 110 valence electrons. The first kappa shape index (κ1) is 13.4. The van der Waals surface area contributed by atoms with Crippen molar-refractivity contribution in [3.05, 3.63) is 53.6 Å². The maximum atomic E-state index is 14.1. The summed E-state index contributed by atoms with van der Waals surface area (Å²) in [6.45, 7) is 0. The number of nitriles is 1. The summed E-state index contributed by atoms with van der Waals surface area (Å²) in [5, 5.41) is 12.5. The molecule has 0 radical (unpaired) electrons. The standard InChI is InChI=1S/C18H16FN3/c19-18-16(12-3-1-11(9-20)2-4-12)7-13(10-21-18)15-8-14-5-6-17(15)22-14/h1-4,7,10,14-15,17,22H,5-6,8H2/t14-,15-,17-/m1/s1. The molecule has 2 aromatic rings. The maximum Gasteiger partial charge on any atom is 0.220 e. The van der Waals surface area contributed by atoms with Crippen molar-refractivity contribution in [1.29, 1.82) is 5.26 Å². The molecule has 22 heavy (non-hydrogen) atoms. The molecule has 2 saturated heterocycles. The molecule has 0 spiro atoms. The molecule has 2 aliphatic rings. The van der Waals surface area contributed by atoms with E-state index in [0.717, 1.165) is 17.5 Å². The van der Waals surface area contributed by atoms with E-state index < -0.39 is 5.95 Å². The molecule has 0 saturated carbocycles. The van der Waals surface area contributed by atoms with E-state index in [1.807, 2.05) is 6.07 Å². The predicted molar refractivity (Wildman–Crippen MR) is 81.6 cm³/mol. The zero-order valence-electron chi connectivity index (χ0n) is 12.1. The van der Waals surface area contributed by atoms with Crippen LogP contribution in [0.1, 0.15) is 36.3 Å². The van der Waals surface area contributed by atoms with Gasteiger partial charge in [0.25, 0.3) is 0 Å². The Morgan fingerprint density at radius 3 is 2.68 bits per heavy atom. The van der Waals surface area contributed by atoms with Gasteiger partial charge >= 0.3 is 0 Å². The van der Waals surface area contributed by atoms with Gasteiger partial charge in [-0.05, 0) is 48.6 Å². The molecule has 3 nitrogen and oxygen atoms in total. The largest absolute Gasteiger partial charge is 0.311 e. The lowest BCUT2D eigenvalue weighted by Gasteiger charge is -2.20. The molecule has 3 atom stereocenters. The second kappa shape index (κ2) is 5.19. The Morgan fingerprint density at radius 1 is 1.23 bits per heavy atom. The zero-order chi connectivity index (χ0) is 15.1. The Labute approximate surface area is 128 Å². The van der Waals surface area contributed by atoms with E-state index in [0.29, 0.717) is 29.1 Å². The zero-order valence-corrected chi connectivity index (χ0v) is 12.1.